The number of phenolic OH excluding ortho intramolecular Hbond substituents is 1. The number of Topliss-reactive ketones (excluding diaryl/α,β-unsaturated/α-hetero) is 1. The van der Waals surface area contributed by atoms with Crippen molar-refractivity contribution in [3.8, 4) is 11.5 Å². The molecular weight excluding hydrogens is 248 g/mol. The van der Waals surface area contributed by atoms with Gasteiger partial charge in [0.2, 0.25) is 5.78 Å². The number of ether oxygens (including phenoxy) is 1. The topological polar surface area (TPSA) is 46.5 Å². The maximum absolute atomic E-state index is 12.0. The second kappa shape index (κ2) is 3.99. The van der Waals surface area contributed by atoms with Gasteiger partial charge in [0.15, 0.2) is 5.76 Å². The van der Waals surface area contributed by atoms with Crippen molar-refractivity contribution in [1.82, 2.24) is 0 Å². The third-order valence-corrected chi connectivity index (χ3v) is 3.64. The normalized spacial score (nSPS) is 15.8. The number of aryl methyl sites for hydroxylation is 1. The average molecular weight is 258 g/mol. The molecule has 4 heteroatoms. The van der Waals surface area contributed by atoms with Gasteiger partial charge in [-0.25, -0.2) is 0 Å². The lowest BCUT2D eigenvalue weighted by molar-refractivity contribution is 0.101. The molecule has 3 nitrogen and oxygen atoms in total. The smallest absolute Gasteiger partial charge is 0.232 e. The number of thiophene rings is 1. The molecule has 0 spiro atoms. The van der Waals surface area contributed by atoms with Crippen LogP contribution in [0.2, 0.25) is 0 Å². The van der Waals surface area contributed by atoms with Gasteiger partial charge >= 0.3 is 0 Å². The standard InChI is InChI=1S/C14H10O3S/c1-8-2-4-10(18-8)7-13-14(16)11-5-3-9(15)6-12(11)17-13/h2-7,15H,1H3/b13-7-. The molecule has 1 aliphatic rings. The van der Waals surface area contributed by atoms with E-state index in [9.17, 15) is 9.90 Å². The first-order valence-corrected chi connectivity index (χ1v) is 6.29. The van der Waals surface area contributed by atoms with Gasteiger partial charge in [0.1, 0.15) is 11.5 Å². The number of aromatic hydroxyl groups is 1. The van der Waals surface area contributed by atoms with Crippen molar-refractivity contribution in [1.29, 1.82) is 0 Å². The first-order valence-electron chi connectivity index (χ1n) is 5.47. The van der Waals surface area contributed by atoms with Crippen molar-refractivity contribution >= 4 is 23.2 Å². The van der Waals surface area contributed by atoms with Crippen molar-refractivity contribution in [2.24, 2.45) is 0 Å². The maximum atomic E-state index is 12.0. The largest absolute Gasteiger partial charge is 0.508 e. The van der Waals surface area contributed by atoms with E-state index in [4.69, 9.17) is 4.74 Å². The van der Waals surface area contributed by atoms with Crippen LogP contribution in [-0.2, 0) is 0 Å². The molecule has 0 unspecified atom stereocenters. The number of hydrogen-bond donors (Lipinski definition) is 1. The Morgan fingerprint density at radius 1 is 1.28 bits per heavy atom. The zero-order valence-corrected chi connectivity index (χ0v) is 10.5. The highest BCUT2D eigenvalue weighted by Gasteiger charge is 2.27. The van der Waals surface area contributed by atoms with E-state index in [1.807, 2.05) is 19.1 Å². The molecule has 2 aromatic rings. The number of ketones is 1. The number of carbonyl (C=O) groups excluding carboxylic acids is 1. The molecule has 1 aromatic carbocycles. The Morgan fingerprint density at radius 3 is 2.83 bits per heavy atom. The van der Waals surface area contributed by atoms with Crippen LogP contribution in [0.1, 0.15) is 20.1 Å². The van der Waals surface area contributed by atoms with Gasteiger partial charge in [0.25, 0.3) is 0 Å². The highest BCUT2D eigenvalue weighted by molar-refractivity contribution is 7.12. The molecule has 0 saturated heterocycles. The summed E-state index contributed by atoms with van der Waals surface area (Å²) < 4.78 is 5.47. The summed E-state index contributed by atoms with van der Waals surface area (Å²) >= 11 is 1.60. The molecule has 0 amide bonds. The number of rotatable bonds is 1. The molecule has 0 fully saturated rings. The van der Waals surface area contributed by atoms with Crippen LogP contribution in [0.4, 0.5) is 0 Å². The lowest BCUT2D eigenvalue weighted by atomic mass is 10.1. The Bertz CT molecular complexity index is 667. The Morgan fingerprint density at radius 2 is 2.11 bits per heavy atom. The van der Waals surface area contributed by atoms with Gasteiger partial charge in [-0.2, -0.15) is 0 Å². The fourth-order valence-electron chi connectivity index (χ4n) is 1.84. The van der Waals surface area contributed by atoms with Crippen LogP contribution in [-0.4, -0.2) is 10.9 Å². The van der Waals surface area contributed by atoms with Gasteiger partial charge < -0.3 is 9.84 Å². The summed E-state index contributed by atoms with van der Waals surface area (Å²) in [5.74, 6) is 0.669. The third kappa shape index (κ3) is 1.80. The molecule has 0 saturated carbocycles. The number of phenols is 1. The maximum Gasteiger partial charge on any atom is 0.232 e. The Kier molecular flexibility index (Phi) is 2.45. The van der Waals surface area contributed by atoms with Crippen molar-refractivity contribution in [2.75, 3.05) is 0 Å². The van der Waals surface area contributed by atoms with E-state index >= 15 is 0 Å². The van der Waals surface area contributed by atoms with E-state index in [0.29, 0.717) is 17.1 Å². The van der Waals surface area contributed by atoms with Crippen LogP contribution in [0.3, 0.4) is 0 Å². The molecule has 90 valence electrons. The van der Waals surface area contributed by atoms with Crippen molar-refractivity contribution in [2.45, 2.75) is 6.92 Å². The Labute approximate surface area is 108 Å². The molecule has 0 aliphatic carbocycles. The van der Waals surface area contributed by atoms with E-state index in [0.717, 1.165) is 4.88 Å². The Balaban J connectivity index is 1.99. The van der Waals surface area contributed by atoms with Crippen LogP contribution in [0.5, 0.6) is 11.5 Å². The lowest BCUT2D eigenvalue weighted by Gasteiger charge is -1.97. The Hall–Kier alpha value is -2.07. The van der Waals surface area contributed by atoms with Crippen LogP contribution in [0.15, 0.2) is 36.1 Å². The summed E-state index contributed by atoms with van der Waals surface area (Å²) in [6.07, 6.45) is 1.73. The SMILES string of the molecule is Cc1ccc(/C=C2\Oc3cc(O)ccc3C2=O)s1. The minimum Gasteiger partial charge on any atom is -0.508 e. The first-order chi connectivity index (χ1) is 8.63. The van der Waals surface area contributed by atoms with E-state index < -0.39 is 0 Å². The number of hydrogen-bond acceptors (Lipinski definition) is 4. The predicted molar refractivity (Wildman–Crippen MR) is 70.1 cm³/mol. The monoisotopic (exact) mass is 258 g/mol. The van der Waals surface area contributed by atoms with E-state index in [-0.39, 0.29) is 11.5 Å². The summed E-state index contributed by atoms with van der Waals surface area (Å²) in [6.45, 7) is 2.01. The van der Waals surface area contributed by atoms with Gasteiger partial charge in [-0.15, -0.1) is 11.3 Å². The number of allylic oxidation sites excluding steroid dienone is 1. The molecular formula is C14H10O3S. The summed E-state index contributed by atoms with van der Waals surface area (Å²) in [7, 11) is 0. The number of benzene rings is 1. The van der Waals surface area contributed by atoms with E-state index in [1.54, 1.807) is 23.5 Å². The van der Waals surface area contributed by atoms with Gasteiger partial charge in [-0.05, 0) is 31.2 Å². The summed E-state index contributed by atoms with van der Waals surface area (Å²) in [6, 6.07) is 8.46. The lowest BCUT2D eigenvalue weighted by Crippen LogP contribution is -1.97. The predicted octanol–water partition coefficient (Wildman–Crippen LogP) is 3.38. The average Bonchev–Trinajstić information content (AvgIpc) is 2.85. The van der Waals surface area contributed by atoms with E-state index in [1.165, 1.54) is 17.0 Å². The fraction of sp³-hybridized carbons (Fsp3) is 0.0714. The molecule has 0 bridgehead atoms. The van der Waals surface area contributed by atoms with Gasteiger partial charge in [0, 0.05) is 21.9 Å². The second-order valence-electron chi connectivity index (χ2n) is 4.07. The summed E-state index contributed by atoms with van der Waals surface area (Å²) in [5.41, 5.74) is 0.493. The molecule has 0 atom stereocenters. The van der Waals surface area contributed by atoms with Crippen molar-refractivity contribution in [3.05, 3.63) is 51.4 Å². The molecule has 1 aliphatic heterocycles. The quantitative estimate of drug-likeness (QED) is 0.798. The zero-order chi connectivity index (χ0) is 12.7. The molecule has 18 heavy (non-hydrogen) atoms. The third-order valence-electron chi connectivity index (χ3n) is 2.69. The second-order valence-corrected chi connectivity index (χ2v) is 5.39. The minimum atomic E-state index is -0.143. The van der Waals surface area contributed by atoms with E-state index in [2.05, 4.69) is 0 Å². The van der Waals surface area contributed by atoms with Gasteiger partial charge in [-0.1, -0.05) is 0 Å². The number of carbonyl (C=O) groups is 1. The minimum absolute atomic E-state index is 0.0924. The first kappa shape index (κ1) is 11.0. The van der Waals surface area contributed by atoms with Crippen LogP contribution >= 0.6 is 11.3 Å². The molecule has 3 rings (SSSR count). The van der Waals surface area contributed by atoms with Crippen LogP contribution < -0.4 is 4.74 Å². The number of fused-ring (bicyclic) bond motifs is 1. The zero-order valence-electron chi connectivity index (χ0n) is 9.64. The summed E-state index contributed by atoms with van der Waals surface area (Å²) in [4.78, 5) is 14.2. The molecule has 1 N–H and O–H groups in total. The summed E-state index contributed by atoms with van der Waals surface area (Å²) in [5, 5.41) is 9.35. The van der Waals surface area contributed by atoms with Crippen LogP contribution in [0, 0.1) is 6.92 Å². The van der Waals surface area contributed by atoms with Crippen molar-refractivity contribution in [3.63, 3.8) is 0 Å². The molecule has 0 radical (unpaired) electrons. The van der Waals surface area contributed by atoms with Crippen molar-refractivity contribution < 1.29 is 14.6 Å². The highest BCUT2D eigenvalue weighted by atomic mass is 32.1. The van der Waals surface area contributed by atoms with Gasteiger partial charge in [-0.3, -0.25) is 4.79 Å². The van der Waals surface area contributed by atoms with Crippen LogP contribution in [0.25, 0.3) is 6.08 Å². The fourth-order valence-corrected chi connectivity index (χ4v) is 2.65. The van der Waals surface area contributed by atoms with Gasteiger partial charge in [0.05, 0.1) is 5.56 Å². The molecule has 1 aromatic heterocycles. The highest BCUT2D eigenvalue weighted by Crippen LogP contribution is 2.34. The molecule has 2 heterocycles.